The smallest absolute Gasteiger partial charge is 0.465 e. The SMILES string of the molecule is COC(=O)c1c(C)cccc1B(O)O. The fraction of sp³-hybridized carbons (Fsp3) is 0.222. The summed E-state index contributed by atoms with van der Waals surface area (Å²) in [4.78, 5) is 11.3. The molecule has 1 aromatic carbocycles. The van der Waals surface area contributed by atoms with E-state index in [4.69, 9.17) is 10.0 Å². The average Bonchev–Trinajstić information content (AvgIpc) is 2.16. The number of aryl methyl sites for hydroxylation is 1. The van der Waals surface area contributed by atoms with Gasteiger partial charge in [0, 0.05) is 0 Å². The van der Waals surface area contributed by atoms with Crippen molar-refractivity contribution in [2.75, 3.05) is 7.11 Å². The molecule has 1 rings (SSSR count). The van der Waals surface area contributed by atoms with E-state index in [0.717, 1.165) is 0 Å². The van der Waals surface area contributed by atoms with Gasteiger partial charge in [-0.3, -0.25) is 0 Å². The molecule has 0 saturated carbocycles. The molecule has 0 fully saturated rings. The van der Waals surface area contributed by atoms with Gasteiger partial charge in [0.25, 0.3) is 0 Å². The molecule has 0 amide bonds. The Balaban J connectivity index is 3.29. The highest BCUT2D eigenvalue weighted by Gasteiger charge is 2.22. The fourth-order valence-electron chi connectivity index (χ4n) is 1.29. The highest BCUT2D eigenvalue weighted by atomic mass is 16.5. The molecule has 14 heavy (non-hydrogen) atoms. The summed E-state index contributed by atoms with van der Waals surface area (Å²) in [6.45, 7) is 1.71. The summed E-state index contributed by atoms with van der Waals surface area (Å²) >= 11 is 0. The quantitative estimate of drug-likeness (QED) is 0.490. The maximum Gasteiger partial charge on any atom is 0.489 e. The van der Waals surface area contributed by atoms with E-state index in [1.165, 1.54) is 13.2 Å². The lowest BCUT2D eigenvalue weighted by molar-refractivity contribution is 0.0601. The van der Waals surface area contributed by atoms with Crippen molar-refractivity contribution in [2.24, 2.45) is 0 Å². The summed E-state index contributed by atoms with van der Waals surface area (Å²) in [7, 11) is -0.411. The standard InChI is InChI=1S/C9H11BO4/c1-6-4-3-5-7(10(12)13)8(6)9(11)14-2/h3-5,12-13H,1-2H3. The second kappa shape index (κ2) is 4.26. The van der Waals surface area contributed by atoms with E-state index in [0.29, 0.717) is 5.56 Å². The van der Waals surface area contributed by atoms with Crippen LogP contribution in [-0.4, -0.2) is 30.2 Å². The van der Waals surface area contributed by atoms with E-state index in [1.54, 1.807) is 19.1 Å². The Morgan fingerprint density at radius 3 is 2.57 bits per heavy atom. The van der Waals surface area contributed by atoms with E-state index >= 15 is 0 Å². The van der Waals surface area contributed by atoms with Crippen LogP contribution in [-0.2, 0) is 4.74 Å². The van der Waals surface area contributed by atoms with Crippen LogP contribution in [0.3, 0.4) is 0 Å². The molecule has 0 saturated heterocycles. The van der Waals surface area contributed by atoms with Crippen LogP contribution < -0.4 is 5.46 Å². The number of methoxy groups -OCH3 is 1. The van der Waals surface area contributed by atoms with E-state index in [-0.39, 0.29) is 11.0 Å². The molecule has 1 aromatic rings. The lowest BCUT2D eigenvalue weighted by Crippen LogP contribution is -2.35. The van der Waals surface area contributed by atoms with Gasteiger partial charge in [0.05, 0.1) is 12.7 Å². The van der Waals surface area contributed by atoms with Crippen LogP contribution in [0.4, 0.5) is 0 Å². The first-order chi connectivity index (χ1) is 6.57. The molecule has 0 aliphatic carbocycles. The fourth-order valence-corrected chi connectivity index (χ4v) is 1.29. The van der Waals surface area contributed by atoms with Crippen LogP contribution in [0, 0.1) is 6.92 Å². The number of benzene rings is 1. The molecule has 4 nitrogen and oxygen atoms in total. The Bertz CT molecular complexity index is 349. The number of hydrogen-bond donors (Lipinski definition) is 2. The van der Waals surface area contributed by atoms with Gasteiger partial charge in [-0.15, -0.1) is 0 Å². The third-order valence-electron chi connectivity index (χ3n) is 1.97. The predicted molar refractivity (Wildman–Crippen MR) is 52.3 cm³/mol. The molecule has 5 heteroatoms. The molecule has 0 aromatic heterocycles. The normalized spacial score (nSPS) is 9.71. The molecule has 0 aliphatic heterocycles. The summed E-state index contributed by atoms with van der Waals surface area (Å²) in [6.07, 6.45) is 0. The van der Waals surface area contributed by atoms with Crippen molar-refractivity contribution < 1.29 is 19.6 Å². The van der Waals surface area contributed by atoms with Crippen molar-refractivity contribution in [3.63, 3.8) is 0 Å². The lowest BCUT2D eigenvalue weighted by atomic mass is 9.76. The first kappa shape index (κ1) is 10.8. The first-order valence-corrected chi connectivity index (χ1v) is 4.12. The van der Waals surface area contributed by atoms with Gasteiger partial charge in [-0.1, -0.05) is 18.2 Å². The molecule has 0 bridgehead atoms. The van der Waals surface area contributed by atoms with Gasteiger partial charge >= 0.3 is 13.1 Å². The predicted octanol–water partition coefficient (Wildman–Crippen LogP) is -0.539. The Labute approximate surface area is 82.3 Å². The van der Waals surface area contributed by atoms with E-state index in [2.05, 4.69) is 4.74 Å². The topological polar surface area (TPSA) is 66.8 Å². The molecule has 2 N–H and O–H groups in total. The van der Waals surface area contributed by atoms with E-state index in [1.807, 2.05) is 0 Å². The van der Waals surface area contributed by atoms with Crippen LogP contribution in [0.25, 0.3) is 0 Å². The maximum absolute atomic E-state index is 11.3. The Morgan fingerprint density at radius 2 is 2.07 bits per heavy atom. The molecule has 0 unspecified atom stereocenters. The monoisotopic (exact) mass is 194 g/mol. The first-order valence-electron chi connectivity index (χ1n) is 4.12. The van der Waals surface area contributed by atoms with Crippen LogP contribution in [0.1, 0.15) is 15.9 Å². The summed E-state index contributed by atoms with van der Waals surface area (Å²) in [5.74, 6) is -0.564. The zero-order valence-electron chi connectivity index (χ0n) is 8.02. The minimum atomic E-state index is -1.66. The molecule has 0 radical (unpaired) electrons. The Morgan fingerprint density at radius 1 is 1.43 bits per heavy atom. The molecule has 0 aliphatic rings. The van der Waals surface area contributed by atoms with Crippen LogP contribution in [0.2, 0.25) is 0 Å². The molecular formula is C9H11BO4. The summed E-state index contributed by atoms with van der Waals surface area (Å²) < 4.78 is 4.55. The number of rotatable bonds is 2. The van der Waals surface area contributed by atoms with Gasteiger partial charge in [0.15, 0.2) is 0 Å². The van der Waals surface area contributed by atoms with E-state index in [9.17, 15) is 4.79 Å². The molecule has 0 atom stereocenters. The van der Waals surface area contributed by atoms with Crippen LogP contribution in [0.5, 0.6) is 0 Å². The van der Waals surface area contributed by atoms with Crippen molar-refractivity contribution in [2.45, 2.75) is 6.92 Å². The Hall–Kier alpha value is -1.33. The molecule has 0 heterocycles. The third kappa shape index (κ3) is 1.94. The van der Waals surface area contributed by atoms with Gasteiger partial charge in [-0.25, -0.2) is 4.79 Å². The number of esters is 1. The zero-order valence-corrected chi connectivity index (χ0v) is 8.02. The van der Waals surface area contributed by atoms with Crippen molar-refractivity contribution in [3.05, 3.63) is 29.3 Å². The lowest BCUT2D eigenvalue weighted by Gasteiger charge is -2.09. The molecule has 74 valence electrons. The largest absolute Gasteiger partial charge is 0.489 e. The maximum atomic E-state index is 11.3. The highest BCUT2D eigenvalue weighted by molar-refractivity contribution is 6.60. The average molecular weight is 194 g/mol. The van der Waals surface area contributed by atoms with Crippen LogP contribution >= 0.6 is 0 Å². The number of carbonyl (C=O) groups is 1. The summed E-state index contributed by atoms with van der Waals surface area (Å²) in [5.41, 5.74) is 1.03. The van der Waals surface area contributed by atoms with Gasteiger partial charge in [-0.2, -0.15) is 0 Å². The third-order valence-corrected chi connectivity index (χ3v) is 1.97. The summed E-state index contributed by atoms with van der Waals surface area (Å²) in [6, 6.07) is 4.83. The van der Waals surface area contributed by atoms with Gasteiger partial charge in [0.1, 0.15) is 0 Å². The highest BCUT2D eigenvalue weighted by Crippen LogP contribution is 2.06. The second-order valence-corrected chi connectivity index (χ2v) is 2.90. The molecule has 0 spiro atoms. The van der Waals surface area contributed by atoms with Crippen molar-refractivity contribution >= 4 is 18.6 Å². The van der Waals surface area contributed by atoms with Gasteiger partial charge in [-0.05, 0) is 17.9 Å². The zero-order chi connectivity index (χ0) is 10.7. The number of ether oxygens (including phenoxy) is 1. The summed E-state index contributed by atoms with van der Waals surface area (Å²) in [5, 5.41) is 18.0. The van der Waals surface area contributed by atoms with Crippen molar-refractivity contribution in [3.8, 4) is 0 Å². The molecular weight excluding hydrogens is 183 g/mol. The number of hydrogen-bond acceptors (Lipinski definition) is 4. The van der Waals surface area contributed by atoms with Gasteiger partial charge in [0.2, 0.25) is 0 Å². The van der Waals surface area contributed by atoms with Crippen molar-refractivity contribution in [1.29, 1.82) is 0 Å². The van der Waals surface area contributed by atoms with Crippen molar-refractivity contribution in [1.82, 2.24) is 0 Å². The van der Waals surface area contributed by atoms with Gasteiger partial charge < -0.3 is 14.8 Å². The second-order valence-electron chi connectivity index (χ2n) is 2.90. The van der Waals surface area contributed by atoms with Crippen LogP contribution in [0.15, 0.2) is 18.2 Å². The van der Waals surface area contributed by atoms with E-state index < -0.39 is 13.1 Å². The number of carbonyl (C=O) groups excluding carboxylic acids is 1. The minimum absolute atomic E-state index is 0.164. The Kier molecular flexibility index (Phi) is 3.27. The minimum Gasteiger partial charge on any atom is -0.465 e.